The Hall–Kier alpha value is -1.31. The standard InChI is InChI=1S/C16H23NO/c1-12(13-8-4-2-5-9-13)15(16(17)18)14-10-6-3-7-11-14/h2,4-5,8-9,12,14-15H,3,6-7,10-11H2,1H3,(H2,17,18). The molecule has 18 heavy (non-hydrogen) atoms. The molecule has 2 unspecified atom stereocenters. The van der Waals surface area contributed by atoms with E-state index in [-0.39, 0.29) is 17.7 Å². The van der Waals surface area contributed by atoms with Gasteiger partial charge in [-0.05, 0) is 30.2 Å². The lowest BCUT2D eigenvalue weighted by Gasteiger charge is -2.32. The molecule has 1 aromatic carbocycles. The molecular formula is C16H23NO. The van der Waals surface area contributed by atoms with Crippen molar-refractivity contribution in [1.29, 1.82) is 0 Å². The molecule has 0 heterocycles. The van der Waals surface area contributed by atoms with Crippen molar-refractivity contribution in [2.45, 2.75) is 44.9 Å². The summed E-state index contributed by atoms with van der Waals surface area (Å²) in [7, 11) is 0. The van der Waals surface area contributed by atoms with Crippen LogP contribution in [0.4, 0.5) is 0 Å². The molecule has 1 fully saturated rings. The number of primary amides is 1. The lowest BCUT2D eigenvalue weighted by Crippen LogP contribution is -2.35. The Kier molecular flexibility index (Phi) is 4.40. The van der Waals surface area contributed by atoms with Gasteiger partial charge in [-0.15, -0.1) is 0 Å². The van der Waals surface area contributed by atoms with E-state index < -0.39 is 0 Å². The summed E-state index contributed by atoms with van der Waals surface area (Å²) >= 11 is 0. The molecule has 1 saturated carbocycles. The van der Waals surface area contributed by atoms with Gasteiger partial charge < -0.3 is 5.73 Å². The summed E-state index contributed by atoms with van der Waals surface area (Å²) in [5.74, 6) is 0.573. The average Bonchev–Trinajstić information content (AvgIpc) is 2.40. The zero-order valence-corrected chi connectivity index (χ0v) is 11.1. The van der Waals surface area contributed by atoms with Crippen LogP contribution in [-0.2, 0) is 4.79 Å². The minimum absolute atomic E-state index is 0.00676. The predicted octanol–water partition coefficient (Wildman–Crippen LogP) is 3.47. The van der Waals surface area contributed by atoms with Gasteiger partial charge in [0.05, 0.1) is 0 Å². The highest BCUT2D eigenvalue weighted by Gasteiger charge is 2.32. The fourth-order valence-electron chi connectivity index (χ4n) is 3.34. The third-order valence-electron chi connectivity index (χ3n) is 4.35. The van der Waals surface area contributed by atoms with Crippen molar-refractivity contribution in [2.75, 3.05) is 0 Å². The highest BCUT2D eigenvalue weighted by molar-refractivity contribution is 5.78. The first kappa shape index (κ1) is 13.1. The summed E-state index contributed by atoms with van der Waals surface area (Å²) in [5, 5.41) is 0. The number of rotatable bonds is 4. The fraction of sp³-hybridized carbons (Fsp3) is 0.562. The highest BCUT2D eigenvalue weighted by atomic mass is 16.1. The number of nitrogens with two attached hydrogens (primary N) is 1. The molecule has 2 atom stereocenters. The molecule has 0 radical (unpaired) electrons. The minimum atomic E-state index is -0.127. The lowest BCUT2D eigenvalue weighted by atomic mass is 9.72. The maximum Gasteiger partial charge on any atom is 0.221 e. The normalized spacial score (nSPS) is 20.3. The van der Waals surface area contributed by atoms with E-state index in [0.717, 1.165) is 12.8 Å². The van der Waals surface area contributed by atoms with E-state index >= 15 is 0 Å². The maximum atomic E-state index is 11.8. The van der Waals surface area contributed by atoms with Crippen LogP contribution < -0.4 is 5.73 Å². The van der Waals surface area contributed by atoms with E-state index in [0.29, 0.717) is 5.92 Å². The molecule has 2 nitrogen and oxygen atoms in total. The van der Waals surface area contributed by atoms with Gasteiger partial charge in [-0.2, -0.15) is 0 Å². The van der Waals surface area contributed by atoms with Crippen molar-refractivity contribution in [3.63, 3.8) is 0 Å². The summed E-state index contributed by atoms with van der Waals surface area (Å²) in [5.41, 5.74) is 6.90. The second-order valence-electron chi connectivity index (χ2n) is 5.53. The van der Waals surface area contributed by atoms with E-state index in [1.165, 1.54) is 24.8 Å². The summed E-state index contributed by atoms with van der Waals surface area (Å²) in [6.07, 6.45) is 6.11. The van der Waals surface area contributed by atoms with Gasteiger partial charge in [0, 0.05) is 5.92 Å². The van der Waals surface area contributed by atoms with Gasteiger partial charge in [0.2, 0.25) is 5.91 Å². The van der Waals surface area contributed by atoms with Gasteiger partial charge in [0.1, 0.15) is 0 Å². The van der Waals surface area contributed by atoms with Gasteiger partial charge in [0.25, 0.3) is 0 Å². The van der Waals surface area contributed by atoms with Crippen molar-refractivity contribution in [2.24, 2.45) is 17.6 Å². The van der Waals surface area contributed by atoms with Crippen molar-refractivity contribution < 1.29 is 4.79 Å². The minimum Gasteiger partial charge on any atom is -0.369 e. The van der Waals surface area contributed by atoms with Crippen LogP contribution in [0.5, 0.6) is 0 Å². The second kappa shape index (κ2) is 6.03. The molecule has 1 aliphatic rings. The largest absolute Gasteiger partial charge is 0.369 e. The van der Waals surface area contributed by atoms with Gasteiger partial charge in [-0.25, -0.2) is 0 Å². The number of benzene rings is 1. The van der Waals surface area contributed by atoms with Crippen LogP contribution in [0.3, 0.4) is 0 Å². The fourth-order valence-corrected chi connectivity index (χ4v) is 3.34. The smallest absolute Gasteiger partial charge is 0.221 e. The Morgan fingerprint density at radius 1 is 1.17 bits per heavy atom. The van der Waals surface area contributed by atoms with Crippen LogP contribution in [-0.4, -0.2) is 5.91 Å². The average molecular weight is 245 g/mol. The lowest BCUT2D eigenvalue weighted by molar-refractivity contribution is -0.124. The van der Waals surface area contributed by atoms with Crippen LogP contribution in [0.2, 0.25) is 0 Å². The van der Waals surface area contributed by atoms with Gasteiger partial charge in [0.15, 0.2) is 0 Å². The van der Waals surface area contributed by atoms with Gasteiger partial charge in [-0.3, -0.25) is 4.79 Å². The van der Waals surface area contributed by atoms with Crippen LogP contribution >= 0.6 is 0 Å². The molecule has 0 aliphatic heterocycles. The van der Waals surface area contributed by atoms with E-state index in [4.69, 9.17) is 5.73 Å². The first-order chi connectivity index (χ1) is 8.70. The summed E-state index contributed by atoms with van der Waals surface area (Å²) < 4.78 is 0. The SMILES string of the molecule is CC(c1ccccc1)C(C(N)=O)C1CCCCC1. The first-order valence-corrected chi connectivity index (χ1v) is 7.04. The molecule has 0 saturated heterocycles. The monoisotopic (exact) mass is 245 g/mol. The molecule has 2 rings (SSSR count). The van der Waals surface area contributed by atoms with Crippen molar-refractivity contribution >= 4 is 5.91 Å². The summed E-state index contributed by atoms with van der Waals surface area (Å²) in [4.78, 5) is 11.8. The third kappa shape index (κ3) is 2.92. The summed E-state index contributed by atoms with van der Waals surface area (Å²) in [6, 6.07) is 10.3. The molecule has 0 aromatic heterocycles. The number of hydrogen-bond acceptors (Lipinski definition) is 1. The molecule has 2 N–H and O–H groups in total. The summed E-state index contributed by atoms with van der Waals surface area (Å²) in [6.45, 7) is 2.14. The van der Waals surface area contributed by atoms with Crippen LogP contribution in [0.1, 0.15) is 50.5 Å². The number of hydrogen-bond donors (Lipinski definition) is 1. The van der Waals surface area contributed by atoms with Crippen LogP contribution in [0.15, 0.2) is 30.3 Å². The van der Waals surface area contributed by atoms with Crippen molar-refractivity contribution in [1.82, 2.24) is 0 Å². The molecule has 1 aromatic rings. The highest BCUT2D eigenvalue weighted by Crippen LogP contribution is 2.37. The molecule has 1 amide bonds. The van der Waals surface area contributed by atoms with E-state index in [2.05, 4.69) is 19.1 Å². The molecule has 1 aliphatic carbocycles. The van der Waals surface area contributed by atoms with Gasteiger partial charge >= 0.3 is 0 Å². The molecule has 0 bridgehead atoms. The van der Waals surface area contributed by atoms with Crippen LogP contribution in [0.25, 0.3) is 0 Å². The predicted molar refractivity (Wildman–Crippen MR) is 74.1 cm³/mol. The van der Waals surface area contributed by atoms with E-state index in [1.807, 2.05) is 18.2 Å². The molecular weight excluding hydrogens is 222 g/mol. The van der Waals surface area contributed by atoms with E-state index in [1.54, 1.807) is 0 Å². The second-order valence-corrected chi connectivity index (χ2v) is 5.53. The maximum absolute atomic E-state index is 11.8. The zero-order chi connectivity index (χ0) is 13.0. The Balaban J connectivity index is 2.16. The topological polar surface area (TPSA) is 43.1 Å². The molecule has 98 valence electrons. The van der Waals surface area contributed by atoms with Crippen molar-refractivity contribution in [3.8, 4) is 0 Å². The zero-order valence-electron chi connectivity index (χ0n) is 11.1. The van der Waals surface area contributed by atoms with Crippen molar-refractivity contribution in [3.05, 3.63) is 35.9 Å². The molecule has 2 heteroatoms. The first-order valence-electron chi connectivity index (χ1n) is 7.04. The Morgan fingerprint density at radius 3 is 2.33 bits per heavy atom. The third-order valence-corrected chi connectivity index (χ3v) is 4.35. The quantitative estimate of drug-likeness (QED) is 0.867. The Labute approximate surface area is 110 Å². The van der Waals surface area contributed by atoms with Crippen LogP contribution in [0, 0.1) is 11.8 Å². The Morgan fingerprint density at radius 2 is 1.78 bits per heavy atom. The number of carbonyl (C=O) groups excluding carboxylic acids is 1. The molecule has 0 spiro atoms. The Bertz CT molecular complexity index is 381. The van der Waals surface area contributed by atoms with E-state index in [9.17, 15) is 4.79 Å². The number of amides is 1. The van der Waals surface area contributed by atoms with Gasteiger partial charge in [-0.1, -0.05) is 56.5 Å². The number of carbonyl (C=O) groups is 1.